The number of carbonyl (C=O) groups is 1. The van der Waals surface area contributed by atoms with E-state index in [0.717, 1.165) is 12.8 Å². The van der Waals surface area contributed by atoms with E-state index in [-0.39, 0.29) is 24.5 Å². The predicted molar refractivity (Wildman–Crippen MR) is 57.1 cm³/mol. The van der Waals surface area contributed by atoms with Crippen LogP contribution in [0.2, 0.25) is 0 Å². The standard InChI is InChI=1S/C11H19NO2.ClH/c1-4-7-9(8-5-2)12-10(6-3)11(13)14;/h4-5,9-10,12H,1-2,6-8H2,3H3,(H,13,14);1H. The molecular weight excluding hydrogens is 214 g/mol. The maximum atomic E-state index is 10.8. The molecule has 0 saturated carbocycles. The van der Waals surface area contributed by atoms with Crippen LogP contribution in [0.4, 0.5) is 0 Å². The third-order valence-electron chi connectivity index (χ3n) is 2.20. The van der Waals surface area contributed by atoms with Gasteiger partial charge in [-0.15, -0.1) is 13.2 Å². The highest BCUT2D eigenvalue weighted by molar-refractivity contribution is 5.71. The third kappa shape index (κ3) is 7.17. The molecular formula is C11H20ClNO2. The molecule has 0 heterocycles. The van der Waals surface area contributed by atoms with E-state index in [1.165, 1.54) is 0 Å². The smallest absolute Gasteiger partial charge is 0.362 e. The fraction of sp³-hybridized carbons (Fsp3) is 0.545. The van der Waals surface area contributed by atoms with Crippen LogP contribution in [-0.4, -0.2) is 23.2 Å². The Morgan fingerprint density at radius 1 is 1.40 bits per heavy atom. The van der Waals surface area contributed by atoms with Crippen molar-refractivity contribution in [1.29, 1.82) is 0 Å². The van der Waals surface area contributed by atoms with E-state index in [9.17, 15) is 4.79 Å². The molecule has 0 aliphatic heterocycles. The van der Waals surface area contributed by atoms with Gasteiger partial charge in [-0.1, -0.05) is 19.1 Å². The molecule has 4 heteroatoms. The Morgan fingerprint density at radius 3 is 2.13 bits per heavy atom. The maximum Gasteiger partial charge on any atom is 0.362 e. The highest BCUT2D eigenvalue weighted by Gasteiger charge is 2.22. The van der Waals surface area contributed by atoms with Gasteiger partial charge in [-0.2, -0.15) is 0 Å². The molecule has 0 aromatic heterocycles. The summed E-state index contributed by atoms with van der Waals surface area (Å²) in [5.74, 6) is -0.745. The van der Waals surface area contributed by atoms with Crippen molar-refractivity contribution < 1.29 is 27.6 Å². The van der Waals surface area contributed by atoms with Crippen LogP contribution in [0.5, 0.6) is 0 Å². The summed E-state index contributed by atoms with van der Waals surface area (Å²) in [5.41, 5.74) is 0. The fourth-order valence-electron chi connectivity index (χ4n) is 1.40. The SMILES string of the molecule is C=CCC(CC=C)[NH2+]C(CC)C(=O)O.[Cl-]. The van der Waals surface area contributed by atoms with E-state index in [1.807, 2.05) is 24.4 Å². The van der Waals surface area contributed by atoms with Crippen LogP contribution < -0.4 is 17.7 Å². The van der Waals surface area contributed by atoms with Gasteiger partial charge in [-0.05, 0) is 0 Å². The fourth-order valence-corrected chi connectivity index (χ4v) is 1.40. The van der Waals surface area contributed by atoms with Gasteiger partial charge >= 0.3 is 5.97 Å². The van der Waals surface area contributed by atoms with Gasteiger partial charge in [-0.3, -0.25) is 0 Å². The monoisotopic (exact) mass is 233 g/mol. The molecule has 0 aromatic carbocycles. The van der Waals surface area contributed by atoms with Gasteiger partial charge in [0.25, 0.3) is 0 Å². The van der Waals surface area contributed by atoms with Crippen LogP contribution in [0.25, 0.3) is 0 Å². The number of hydrogen-bond acceptors (Lipinski definition) is 1. The van der Waals surface area contributed by atoms with Gasteiger partial charge in [0, 0.05) is 19.3 Å². The molecule has 0 fully saturated rings. The van der Waals surface area contributed by atoms with E-state index < -0.39 is 5.97 Å². The lowest BCUT2D eigenvalue weighted by Gasteiger charge is -2.16. The molecule has 0 saturated heterocycles. The zero-order valence-corrected chi connectivity index (χ0v) is 9.91. The summed E-state index contributed by atoms with van der Waals surface area (Å²) in [5, 5.41) is 10.8. The first-order valence-electron chi connectivity index (χ1n) is 4.95. The zero-order valence-electron chi connectivity index (χ0n) is 9.16. The molecule has 0 aromatic rings. The molecule has 0 bridgehead atoms. The lowest BCUT2D eigenvalue weighted by atomic mass is 10.1. The second kappa shape index (κ2) is 9.74. The summed E-state index contributed by atoms with van der Waals surface area (Å²) in [7, 11) is 0. The third-order valence-corrected chi connectivity index (χ3v) is 2.20. The molecule has 3 nitrogen and oxygen atoms in total. The van der Waals surface area contributed by atoms with E-state index in [0.29, 0.717) is 6.42 Å². The van der Waals surface area contributed by atoms with E-state index in [1.54, 1.807) is 0 Å². The minimum absolute atomic E-state index is 0. The van der Waals surface area contributed by atoms with Crippen LogP contribution in [0, 0.1) is 0 Å². The molecule has 0 aliphatic carbocycles. The van der Waals surface area contributed by atoms with Crippen LogP contribution >= 0.6 is 0 Å². The number of aliphatic carboxylic acids is 1. The Bertz CT molecular complexity index is 197. The van der Waals surface area contributed by atoms with Crippen molar-refractivity contribution >= 4 is 5.97 Å². The van der Waals surface area contributed by atoms with Crippen molar-refractivity contribution in [3.05, 3.63) is 25.3 Å². The molecule has 88 valence electrons. The zero-order chi connectivity index (χ0) is 11.0. The lowest BCUT2D eigenvalue weighted by Crippen LogP contribution is -3.00. The summed E-state index contributed by atoms with van der Waals surface area (Å²) < 4.78 is 0. The van der Waals surface area contributed by atoms with Crippen molar-refractivity contribution in [2.75, 3.05) is 0 Å². The van der Waals surface area contributed by atoms with Crippen molar-refractivity contribution in [3.8, 4) is 0 Å². The van der Waals surface area contributed by atoms with Gasteiger partial charge < -0.3 is 22.8 Å². The van der Waals surface area contributed by atoms with Crippen molar-refractivity contribution in [1.82, 2.24) is 0 Å². The molecule has 1 unspecified atom stereocenters. The Morgan fingerprint density at radius 2 is 1.87 bits per heavy atom. The number of hydrogen-bond donors (Lipinski definition) is 2. The predicted octanol–water partition coefficient (Wildman–Crippen LogP) is -2.06. The van der Waals surface area contributed by atoms with Crippen molar-refractivity contribution in [2.45, 2.75) is 38.3 Å². The van der Waals surface area contributed by atoms with Crippen molar-refractivity contribution in [2.24, 2.45) is 0 Å². The number of quaternary nitrogens is 1. The number of rotatable bonds is 8. The first-order valence-corrected chi connectivity index (χ1v) is 4.95. The second-order valence-corrected chi connectivity index (χ2v) is 3.35. The Kier molecular flexibility index (Phi) is 10.8. The number of carboxylic acids is 1. The van der Waals surface area contributed by atoms with E-state index in [4.69, 9.17) is 5.11 Å². The highest BCUT2D eigenvalue weighted by atomic mass is 35.5. The highest BCUT2D eigenvalue weighted by Crippen LogP contribution is 1.96. The molecule has 15 heavy (non-hydrogen) atoms. The van der Waals surface area contributed by atoms with Gasteiger partial charge in [0.05, 0.1) is 6.04 Å². The molecule has 3 N–H and O–H groups in total. The van der Waals surface area contributed by atoms with Gasteiger partial charge in [0.1, 0.15) is 0 Å². The van der Waals surface area contributed by atoms with Crippen LogP contribution in [0.3, 0.4) is 0 Å². The molecule has 0 spiro atoms. The Balaban J connectivity index is 0. The average Bonchev–Trinajstić information content (AvgIpc) is 2.14. The lowest BCUT2D eigenvalue weighted by molar-refractivity contribution is -0.710. The summed E-state index contributed by atoms with van der Waals surface area (Å²) in [6.45, 7) is 9.20. The summed E-state index contributed by atoms with van der Waals surface area (Å²) in [6, 6.07) is -0.0917. The second-order valence-electron chi connectivity index (χ2n) is 3.35. The van der Waals surface area contributed by atoms with Crippen molar-refractivity contribution in [3.63, 3.8) is 0 Å². The minimum Gasteiger partial charge on any atom is -1.00 e. The summed E-state index contributed by atoms with van der Waals surface area (Å²) in [4.78, 5) is 10.8. The Labute approximate surface area is 97.7 Å². The van der Waals surface area contributed by atoms with Gasteiger partial charge in [0.2, 0.25) is 0 Å². The van der Waals surface area contributed by atoms with E-state index >= 15 is 0 Å². The number of carboxylic acid groups (broad SMARTS) is 1. The normalized spacial score (nSPS) is 11.6. The van der Waals surface area contributed by atoms with Crippen LogP contribution in [0.1, 0.15) is 26.2 Å². The quantitative estimate of drug-likeness (QED) is 0.474. The van der Waals surface area contributed by atoms with Gasteiger partial charge in [0.15, 0.2) is 6.04 Å². The molecule has 0 rings (SSSR count). The molecule has 1 atom stereocenters. The van der Waals surface area contributed by atoms with Crippen LogP contribution in [-0.2, 0) is 4.79 Å². The maximum absolute atomic E-state index is 10.8. The summed E-state index contributed by atoms with van der Waals surface area (Å²) >= 11 is 0. The first kappa shape index (κ1) is 16.6. The largest absolute Gasteiger partial charge is 1.00 e. The summed E-state index contributed by atoms with van der Waals surface area (Å²) in [6.07, 6.45) is 5.91. The first-order chi connectivity index (χ1) is 6.65. The minimum atomic E-state index is -0.745. The Hall–Kier alpha value is -0.800. The van der Waals surface area contributed by atoms with Crippen LogP contribution in [0.15, 0.2) is 25.3 Å². The molecule has 0 amide bonds. The topological polar surface area (TPSA) is 53.9 Å². The number of halogens is 1. The van der Waals surface area contributed by atoms with Gasteiger partial charge in [-0.25, -0.2) is 4.79 Å². The molecule has 0 radical (unpaired) electrons. The number of nitrogens with two attached hydrogens (primary N) is 1. The molecule has 0 aliphatic rings. The average molecular weight is 234 g/mol. The van der Waals surface area contributed by atoms with E-state index in [2.05, 4.69) is 13.2 Å².